The van der Waals surface area contributed by atoms with E-state index in [1.807, 2.05) is 19.1 Å². The van der Waals surface area contributed by atoms with E-state index < -0.39 is 5.91 Å². The molecule has 9 nitrogen and oxygen atoms in total. The molecule has 0 spiro atoms. The molecule has 5 rings (SSSR count). The second-order valence-electron chi connectivity index (χ2n) is 10.8. The van der Waals surface area contributed by atoms with Gasteiger partial charge >= 0.3 is 0 Å². The van der Waals surface area contributed by atoms with Crippen molar-refractivity contribution in [3.63, 3.8) is 0 Å². The quantitative estimate of drug-likeness (QED) is 0.521. The molecule has 0 unspecified atom stereocenters. The molecule has 0 atom stereocenters. The average Bonchev–Trinajstić information content (AvgIpc) is 2.95. The molecule has 208 valence electrons. The summed E-state index contributed by atoms with van der Waals surface area (Å²) < 4.78 is 0. The minimum absolute atomic E-state index is 0.103. The number of hydrogen-bond donors (Lipinski definition) is 3. The molecule has 1 saturated carbocycles. The van der Waals surface area contributed by atoms with Crippen LogP contribution < -0.4 is 21.7 Å². The molecular weight excluding hydrogens is 476 g/mol. The fourth-order valence-electron chi connectivity index (χ4n) is 5.63. The third-order valence-electron chi connectivity index (χ3n) is 8.08. The Hall–Kier alpha value is -2.91. The number of benzene rings is 1. The van der Waals surface area contributed by atoms with Crippen molar-refractivity contribution in [3.05, 3.63) is 35.7 Å². The largest absolute Gasteiger partial charge is 0.382 e. The third kappa shape index (κ3) is 7.57. The zero-order chi connectivity index (χ0) is 26.9. The lowest BCUT2D eigenvalue weighted by Gasteiger charge is -2.42. The number of aromatic nitrogens is 2. The summed E-state index contributed by atoms with van der Waals surface area (Å²) in [5.41, 5.74) is 14.2. The van der Waals surface area contributed by atoms with Gasteiger partial charge in [0.2, 0.25) is 0 Å². The van der Waals surface area contributed by atoms with Gasteiger partial charge in [0.1, 0.15) is 5.82 Å². The fraction of sp³-hybridized carbons (Fsp3) is 0.621. The maximum absolute atomic E-state index is 11.8. The summed E-state index contributed by atoms with van der Waals surface area (Å²) in [6.45, 7) is 8.74. The molecule has 0 radical (unpaired) electrons. The van der Waals surface area contributed by atoms with Crippen molar-refractivity contribution in [2.45, 2.75) is 70.8 Å². The molecule has 9 heteroatoms. The lowest BCUT2D eigenvalue weighted by molar-refractivity contribution is 0.0982. The maximum Gasteiger partial charge on any atom is 0.271 e. The Labute approximate surface area is 228 Å². The third-order valence-corrected chi connectivity index (χ3v) is 8.08. The Bertz CT molecular complexity index is 1010. The van der Waals surface area contributed by atoms with E-state index >= 15 is 0 Å². The Morgan fingerprint density at radius 2 is 1.50 bits per heavy atom. The Morgan fingerprint density at radius 3 is 2.03 bits per heavy atom. The van der Waals surface area contributed by atoms with Crippen LogP contribution in [0.15, 0.2) is 24.3 Å². The van der Waals surface area contributed by atoms with Crippen molar-refractivity contribution < 1.29 is 4.79 Å². The van der Waals surface area contributed by atoms with Gasteiger partial charge in [-0.05, 0) is 50.6 Å². The Balaban J connectivity index is 0.000000494. The van der Waals surface area contributed by atoms with E-state index in [2.05, 4.69) is 49.2 Å². The average molecular weight is 523 g/mol. The van der Waals surface area contributed by atoms with Crippen LogP contribution in [0.4, 0.5) is 23.0 Å². The summed E-state index contributed by atoms with van der Waals surface area (Å²) in [6.07, 6.45) is 12.0. The highest BCUT2D eigenvalue weighted by molar-refractivity contribution is 5.96. The van der Waals surface area contributed by atoms with Crippen LogP contribution in [-0.2, 0) is 6.42 Å². The van der Waals surface area contributed by atoms with Crippen LogP contribution in [0.1, 0.15) is 74.5 Å². The normalized spacial score (nSPS) is 19.5. The second-order valence-corrected chi connectivity index (χ2v) is 10.8. The summed E-state index contributed by atoms with van der Waals surface area (Å²) in [5, 5.41) is 3.15. The van der Waals surface area contributed by atoms with Gasteiger partial charge in [0, 0.05) is 56.7 Å². The predicted octanol–water partition coefficient (Wildman–Crippen LogP) is 4.02. The molecular formula is C29H46N8O. The number of piperazine rings is 1. The van der Waals surface area contributed by atoms with Gasteiger partial charge in [-0.15, -0.1) is 0 Å². The van der Waals surface area contributed by atoms with E-state index in [-0.39, 0.29) is 11.5 Å². The van der Waals surface area contributed by atoms with Gasteiger partial charge in [-0.1, -0.05) is 45.4 Å². The number of aryl methyl sites for hydroxylation is 1. The number of amides is 1. The summed E-state index contributed by atoms with van der Waals surface area (Å²) in [6, 6.07) is 8.86. The van der Waals surface area contributed by atoms with Gasteiger partial charge in [0.25, 0.3) is 5.91 Å². The minimum Gasteiger partial charge on any atom is -0.382 e. The first-order valence-corrected chi connectivity index (χ1v) is 14.5. The molecule has 3 heterocycles. The first-order valence-electron chi connectivity index (χ1n) is 14.5. The zero-order valence-corrected chi connectivity index (χ0v) is 23.3. The summed E-state index contributed by atoms with van der Waals surface area (Å²) in [5.74, 6) is -0.0395. The summed E-state index contributed by atoms with van der Waals surface area (Å²) in [7, 11) is 2.20. The molecule has 3 fully saturated rings. The van der Waals surface area contributed by atoms with Crippen molar-refractivity contribution in [1.29, 1.82) is 0 Å². The molecule has 1 aliphatic carbocycles. The second kappa shape index (κ2) is 13.8. The van der Waals surface area contributed by atoms with E-state index in [0.717, 1.165) is 18.8 Å². The predicted molar refractivity (Wildman–Crippen MR) is 156 cm³/mol. The molecule has 1 aromatic heterocycles. The summed E-state index contributed by atoms with van der Waals surface area (Å²) in [4.78, 5) is 28.0. The number of anilines is 4. The van der Waals surface area contributed by atoms with E-state index in [0.29, 0.717) is 24.0 Å². The number of rotatable bonds is 6. The highest BCUT2D eigenvalue weighted by atomic mass is 16.1. The zero-order valence-electron chi connectivity index (χ0n) is 23.3. The molecule has 0 bridgehead atoms. The van der Waals surface area contributed by atoms with Gasteiger partial charge < -0.3 is 26.6 Å². The molecule has 1 amide bonds. The van der Waals surface area contributed by atoms with Crippen molar-refractivity contribution in [1.82, 2.24) is 19.8 Å². The highest BCUT2D eigenvalue weighted by Crippen LogP contribution is 2.26. The molecule has 3 aliphatic rings. The number of carbonyl (C=O) groups excluding carboxylic acids is 1. The van der Waals surface area contributed by atoms with Gasteiger partial charge in [0.05, 0.1) is 5.69 Å². The van der Waals surface area contributed by atoms with Crippen LogP contribution in [-0.4, -0.2) is 78.0 Å². The van der Waals surface area contributed by atoms with E-state index in [4.69, 9.17) is 11.5 Å². The maximum atomic E-state index is 11.8. The molecule has 5 N–H and O–H groups in total. The van der Waals surface area contributed by atoms with Gasteiger partial charge in [-0.3, -0.25) is 9.69 Å². The van der Waals surface area contributed by atoms with Gasteiger partial charge in [-0.25, -0.2) is 9.97 Å². The number of nitrogens with one attached hydrogen (secondary N) is 1. The van der Waals surface area contributed by atoms with Crippen molar-refractivity contribution in [2.24, 2.45) is 5.73 Å². The number of nitrogen functional groups attached to an aromatic ring is 1. The van der Waals surface area contributed by atoms with Crippen LogP contribution in [0.5, 0.6) is 0 Å². The molecule has 2 aromatic rings. The minimum atomic E-state index is -0.630. The van der Waals surface area contributed by atoms with Crippen molar-refractivity contribution >= 4 is 28.9 Å². The fourth-order valence-corrected chi connectivity index (χ4v) is 5.63. The van der Waals surface area contributed by atoms with Gasteiger partial charge in [-0.2, -0.15) is 0 Å². The standard InChI is InChI=1S/C23H34N8O.C6H12/c1-3-19-21(24)28-23(20(27-19)22(25)32)26-16-4-6-17(7-5-16)30-10-8-18(9-11-30)31-14-12-29(2)13-15-31;1-2-4-6-5-3-1/h4-7,18H,3,8-15H2,1-2H3,(H2,25,32)(H3,24,26,28);1-6H2. The van der Waals surface area contributed by atoms with Crippen LogP contribution in [0.3, 0.4) is 0 Å². The lowest BCUT2D eigenvalue weighted by atomic mass is 10.0. The number of primary amides is 1. The van der Waals surface area contributed by atoms with Crippen molar-refractivity contribution in [3.8, 4) is 0 Å². The lowest BCUT2D eigenvalue weighted by Crippen LogP contribution is -2.52. The van der Waals surface area contributed by atoms with E-state index in [1.54, 1.807) is 0 Å². The topological polar surface area (TPSA) is 117 Å². The van der Waals surface area contributed by atoms with Crippen LogP contribution in [0, 0.1) is 0 Å². The Morgan fingerprint density at radius 1 is 0.921 bits per heavy atom. The van der Waals surface area contributed by atoms with E-state index in [1.165, 1.54) is 83.2 Å². The smallest absolute Gasteiger partial charge is 0.271 e. The van der Waals surface area contributed by atoms with Crippen LogP contribution >= 0.6 is 0 Å². The number of piperidine rings is 1. The number of hydrogen-bond acceptors (Lipinski definition) is 8. The van der Waals surface area contributed by atoms with E-state index in [9.17, 15) is 4.79 Å². The first-order chi connectivity index (χ1) is 18.4. The molecule has 1 aromatic carbocycles. The Kier molecular flexibility index (Phi) is 10.2. The highest BCUT2D eigenvalue weighted by Gasteiger charge is 2.26. The van der Waals surface area contributed by atoms with Crippen LogP contribution in [0.25, 0.3) is 0 Å². The molecule has 2 aliphatic heterocycles. The number of likely N-dealkylation sites (N-methyl/N-ethyl adjacent to an activating group) is 1. The number of nitrogens with two attached hydrogens (primary N) is 2. The van der Waals surface area contributed by atoms with Gasteiger partial charge in [0.15, 0.2) is 11.5 Å². The molecule has 2 saturated heterocycles. The SMILES string of the molecule is C1CCCCC1.CCc1nc(C(N)=O)c(Nc2ccc(N3CCC(N4CCN(C)CC4)CC3)cc2)nc1N. The monoisotopic (exact) mass is 522 g/mol. The van der Waals surface area contributed by atoms with Crippen molar-refractivity contribution in [2.75, 3.05) is 62.3 Å². The summed E-state index contributed by atoms with van der Waals surface area (Å²) >= 11 is 0. The first kappa shape index (κ1) is 28.1. The molecule has 38 heavy (non-hydrogen) atoms. The number of nitrogens with zero attached hydrogens (tertiary/aromatic N) is 5. The van der Waals surface area contributed by atoms with Crippen LogP contribution in [0.2, 0.25) is 0 Å². The number of carbonyl (C=O) groups is 1.